The number of ether oxygens (including phenoxy) is 8. The average molecular weight is 1550 g/mol. The number of rotatable bonds is 32. The van der Waals surface area contributed by atoms with E-state index < -0.39 is 5.41 Å². The third-order valence-electron chi connectivity index (χ3n) is 20.9. The van der Waals surface area contributed by atoms with E-state index >= 15 is 0 Å². The van der Waals surface area contributed by atoms with Gasteiger partial charge in [-0.25, -0.2) is 20.0 Å². The predicted octanol–water partition coefficient (Wildman–Crippen LogP) is 25.3. The summed E-state index contributed by atoms with van der Waals surface area (Å²) in [5.41, 5.74) is 24.5. The van der Waals surface area contributed by atoms with E-state index in [4.69, 9.17) is 57.9 Å². The Morgan fingerprint density at radius 3 is 0.573 bits per heavy atom. The maximum atomic E-state index is 7.40. The molecule has 592 valence electrons. The molecule has 0 N–H and O–H groups in total. The lowest BCUT2D eigenvalue weighted by molar-refractivity contribution is 0.0885. The van der Waals surface area contributed by atoms with Crippen LogP contribution in [0.25, 0.3) is 22.3 Å². The molecule has 12 heteroatoms. The van der Waals surface area contributed by atoms with Crippen molar-refractivity contribution >= 4 is 68.5 Å². The van der Waals surface area contributed by atoms with Crippen LogP contribution in [0.3, 0.4) is 0 Å². The molecule has 0 bridgehead atoms. The Labute approximate surface area is 691 Å². The second kappa shape index (κ2) is 39.3. The van der Waals surface area contributed by atoms with Gasteiger partial charge in [0.2, 0.25) is 0 Å². The van der Waals surface area contributed by atoms with Gasteiger partial charge in [0.05, 0.1) is 99.9 Å². The lowest BCUT2D eigenvalue weighted by atomic mass is 9.76. The minimum absolute atomic E-state index is 0.255. The van der Waals surface area contributed by atoms with E-state index in [2.05, 4.69) is 276 Å². The van der Waals surface area contributed by atoms with Crippen molar-refractivity contribution < 1.29 is 37.9 Å². The molecule has 0 radical (unpaired) electrons. The van der Waals surface area contributed by atoms with Gasteiger partial charge in [-0.15, -0.1) is 0 Å². The van der Waals surface area contributed by atoms with Gasteiger partial charge in [0.1, 0.15) is 46.0 Å². The fraction of sp³-hybridized carbons (Fsp3) is 0.238. The van der Waals surface area contributed by atoms with Crippen molar-refractivity contribution in [2.75, 3.05) is 54.9 Å². The minimum atomic E-state index is -0.683. The van der Waals surface area contributed by atoms with E-state index in [1.807, 2.05) is 72.8 Å². The summed E-state index contributed by atoms with van der Waals surface area (Å²) in [6.07, 6.45) is 2.00. The van der Waals surface area contributed by atoms with E-state index in [0.29, 0.717) is 71.7 Å². The third kappa shape index (κ3) is 21.8. The lowest BCUT2D eigenvalue weighted by Crippen LogP contribution is -2.31. The molecule has 12 aromatic rings. The number of aryl methyl sites for hydroxylation is 12. The summed E-state index contributed by atoms with van der Waals surface area (Å²) < 4.78 is 54.2. The summed E-state index contributed by atoms with van der Waals surface area (Å²) >= 11 is 0. The van der Waals surface area contributed by atoms with E-state index in [-0.39, 0.29) is 26.4 Å². The molecule has 12 nitrogen and oxygen atoms in total. The van der Waals surface area contributed by atoms with Crippen LogP contribution in [0, 0.1) is 88.5 Å². The molecule has 0 fully saturated rings. The number of benzene rings is 12. The molecule has 0 saturated heterocycles. The van der Waals surface area contributed by atoms with Gasteiger partial charge in [-0.05, 0) is 306 Å². The van der Waals surface area contributed by atoms with Crippen LogP contribution >= 0.6 is 0 Å². The summed E-state index contributed by atoms with van der Waals surface area (Å²) in [7, 11) is 6.78. The van der Waals surface area contributed by atoms with Gasteiger partial charge in [-0.2, -0.15) is 0 Å². The summed E-state index contributed by atoms with van der Waals surface area (Å²) in [5, 5.41) is 0. The van der Waals surface area contributed by atoms with Crippen molar-refractivity contribution in [3.05, 3.63) is 354 Å². The molecule has 0 saturated carbocycles. The number of nitrogens with zero attached hydrogens (tertiary/aromatic N) is 4. The summed E-state index contributed by atoms with van der Waals surface area (Å²) in [6.45, 7) is 25.9. The minimum Gasteiger partial charge on any atom is -0.496 e. The fourth-order valence-corrected chi connectivity index (χ4v) is 14.5. The molecule has 0 amide bonds. The van der Waals surface area contributed by atoms with Gasteiger partial charge in [-0.1, -0.05) is 142 Å². The first-order valence-corrected chi connectivity index (χ1v) is 39.8. The van der Waals surface area contributed by atoms with Crippen LogP contribution in [0.2, 0.25) is 0 Å². The van der Waals surface area contributed by atoms with Crippen molar-refractivity contribution in [2.45, 2.75) is 109 Å². The zero-order valence-corrected chi connectivity index (χ0v) is 70.3. The molecular formula is C105H104N4O8. The van der Waals surface area contributed by atoms with Crippen molar-refractivity contribution in [3.8, 4) is 46.0 Å². The highest BCUT2D eigenvalue weighted by Crippen LogP contribution is 2.44. The van der Waals surface area contributed by atoms with Crippen LogP contribution < -0.4 is 37.9 Å². The number of aliphatic imine (C=N–C) groups is 4. The molecule has 0 atom stereocenters. The Morgan fingerprint density at radius 2 is 0.393 bits per heavy atom. The molecule has 0 aromatic heterocycles. The second-order valence-corrected chi connectivity index (χ2v) is 30.5. The van der Waals surface area contributed by atoms with Crippen molar-refractivity contribution in [2.24, 2.45) is 25.4 Å². The average Bonchev–Trinajstić information content (AvgIpc) is 0.809. The summed E-state index contributed by atoms with van der Waals surface area (Å²) in [6, 6.07) is 82.3. The quantitative estimate of drug-likeness (QED) is 0.0382. The maximum absolute atomic E-state index is 7.40. The molecule has 12 rings (SSSR count). The van der Waals surface area contributed by atoms with Gasteiger partial charge in [0.15, 0.2) is 0 Å². The molecule has 12 aromatic carbocycles. The Bertz CT molecular complexity index is 5180. The maximum Gasteiger partial charge on any atom is 0.127 e. The number of methoxy groups -OCH3 is 4. The van der Waals surface area contributed by atoms with Crippen molar-refractivity contribution in [1.82, 2.24) is 0 Å². The summed E-state index contributed by atoms with van der Waals surface area (Å²) in [5.74, 6) is 19.5. The molecule has 0 aliphatic heterocycles. The topological polar surface area (TPSA) is 123 Å². The second-order valence-electron chi connectivity index (χ2n) is 30.5. The zero-order chi connectivity index (χ0) is 82.5. The van der Waals surface area contributed by atoms with Crippen LogP contribution in [-0.4, -0.2) is 78.3 Å². The monoisotopic (exact) mass is 1550 g/mol. The van der Waals surface area contributed by atoms with Gasteiger partial charge >= 0.3 is 0 Å². The molecule has 0 unspecified atom stereocenters. The SMILES string of the molecule is COc1ccc(C)cc1C(=C=Nc1cccc(C)c1)c1cc(C)ccc1OCCC(CCOc1ccc(C)cc1C(=C=Nc1cccc(C)c1)c1cc(C)ccc1OC)(CCOc1ccc(C)cc1C(=C=Nc1cccc(C)c1)c1cc(C)ccc1OC)CCOc1ccc(C)cc1C(=C=Nc1cccc(C)c1)c1cc(C)ccc1OC. The number of hydrogen-bond donors (Lipinski definition) is 0. The molecular weight excluding hydrogens is 1450 g/mol. The lowest BCUT2D eigenvalue weighted by Gasteiger charge is -2.34. The molecule has 0 aliphatic rings. The van der Waals surface area contributed by atoms with Crippen LogP contribution in [0.15, 0.2) is 263 Å². The Hall–Kier alpha value is -13.2. The van der Waals surface area contributed by atoms with Crippen LogP contribution in [0.4, 0.5) is 22.7 Å². The smallest absolute Gasteiger partial charge is 0.127 e. The van der Waals surface area contributed by atoms with E-state index in [0.717, 1.165) is 156 Å². The number of hydrogen-bond acceptors (Lipinski definition) is 12. The highest BCUT2D eigenvalue weighted by Gasteiger charge is 2.33. The first-order valence-electron chi connectivity index (χ1n) is 39.8. The first kappa shape index (κ1) is 83.3. The van der Waals surface area contributed by atoms with E-state index in [1.54, 1.807) is 28.4 Å². The largest absolute Gasteiger partial charge is 0.496 e. The van der Waals surface area contributed by atoms with Crippen molar-refractivity contribution in [1.29, 1.82) is 0 Å². The zero-order valence-electron chi connectivity index (χ0n) is 70.3. The van der Waals surface area contributed by atoms with Gasteiger partial charge in [-0.3, -0.25) is 0 Å². The predicted molar refractivity (Wildman–Crippen MR) is 482 cm³/mol. The first-order chi connectivity index (χ1) is 56.6. The Kier molecular flexibility index (Phi) is 27.9. The van der Waals surface area contributed by atoms with E-state index in [1.165, 1.54) is 0 Å². The third-order valence-corrected chi connectivity index (χ3v) is 20.9. The highest BCUT2D eigenvalue weighted by molar-refractivity contribution is 6.05. The Morgan fingerprint density at radius 1 is 0.222 bits per heavy atom. The van der Waals surface area contributed by atoms with E-state index in [9.17, 15) is 0 Å². The fourth-order valence-electron chi connectivity index (χ4n) is 14.5. The van der Waals surface area contributed by atoms with Gasteiger partial charge in [0, 0.05) is 44.5 Å². The standard InChI is InChI=1S/C105H104N4O8/c1-69-21-17-25-81(53-69)106-65-93(85-57-73(5)29-37-97(85)110-13)89-61-77(9)33-41-101(89)114-49-45-105(46-50-115-102-42-34-78(10)62-90(102)94(66-107-82-26-18-22-70(2)54-82)86-58-74(6)30-38-98(86)111-14,47-51-116-103-43-35-79(11)63-91(103)95(67-108-83-27-19-23-71(3)55-83)87-59-75(7)31-39-99(87)112-15)48-52-117-104-44-36-80(12)64-92(104)96(68-109-84-28-20-24-72(4)56-84)88-60-76(8)32-40-100(88)113-16/h17-44,53-64H,45-52H2,1-16H3. The van der Waals surface area contributed by atoms with Gasteiger partial charge < -0.3 is 37.9 Å². The van der Waals surface area contributed by atoms with Crippen LogP contribution in [-0.2, 0) is 0 Å². The molecule has 117 heavy (non-hydrogen) atoms. The molecule has 0 spiro atoms. The normalized spacial score (nSPS) is 11.3. The molecule has 0 heterocycles. The summed E-state index contributed by atoms with van der Waals surface area (Å²) in [4.78, 5) is 20.1. The van der Waals surface area contributed by atoms with Crippen LogP contribution in [0.1, 0.15) is 137 Å². The highest BCUT2D eigenvalue weighted by atomic mass is 16.5. The van der Waals surface area contributed by atoms with Crippen molar-refractivity contribution in [3.63, 3.8) is 0 Å². The van der Waals surface area contributed by atoms with Gasteiger partial charge in [0.25, 0.3) is 0 Å². The molecule has 0 aliphatic carbocycles. The van der Waals surface area contributed by atoms with Crippen LogP contribution in [0.5, 0.6) is 46.0 Å². The Balaban J connectivity index is 1.02.